The van der Waals surface area contributed by atoms with Crippen LogP contribution < -0.4 is 0 Å². The molecule has 4 rings (SSSR count). The van der Waals surface area contributed by atoms with E-state index in [2.05, 4.69) is 20.8 Å². The number of phenols is 1. The fourth-order valence-electron chi connectivity index (χ4n) is 4.33. The average Bonchev–Trinajstić information content (AvgIpc) is 3.20. The van der Waals surface area contributed by atoms with E-state index in [-0.39, 0.29) is 11.8 Å². The first-order valence-corrected chi connectivity index (χ1v) is 10.4. The highest BCUT2D eigenvalue weighted by Crippen LogP contribution is 2.41. The van der Waals surface area contributed by atoms with Crippen molar-refractivity contribution in [1.29, 1.82) is 0 Å². The van der Waals surface area contributed by atoms with E-state index in [1.54, 1.807) is 6.07 Å². The smallest absolute Gasteiger partial charge is 0.130 e. The molecular formula is C24H24BrNO2. The van der Waals surface area contributed by atoms with E-state index in [4.69, 9.17) is 0 Å². The molecule has 0 amide bonds. The van der Waals surface area contributed by atoms with Crippen molar-refractivity contribution in [2.75, 3.05) is 6.54 Å². The molecule has 0 bridgehead atoms. The summed E-state index contributed by atoms with van der Waals surface area (Å²) >= 11 is 3.57. The van der Waals surface area contributed by atoms with Crippen LogP contribution in [0.4, 0.5) is 0 Å². The lowest BCUT2D eigenvalue weighted by molar-refractivity contribution is -0.00678. The van der Waals surface area contributed by atoms with Crippen molar-refractivity contribution in [3.05, 3.63) is 100 Å². The molecule has 0 spiro atoms. The first-order chi connectivity index (χ1) is 13.6. The van der Waals surface area contributed by atoms with Crippen LogP contribution in [0, 0.1) is 0 Å². The number of phenolic OH excluding ortho intramolecular Hbond substituents is 1. The summed E-state index contributed by atoms with van der Waals surface area (Å²) in [4.78, 5) is 2.29. The molecule has 1 heterocycles. The summed E-state index contributed by atoms with van der Waals surface area (Å²) in [5.41, 5.74) is 1.54. The van der Waals surface area contributed by atoms with Crippen LogP contribution in [0.25, 0.3) is 0 Å². The SMILES string of the molecule is Oc1cccc(Br)c1CN1CCC[C@@H]1C(O)(c1ccccc1)c1ccccc1. The van der Waals surface area contributed by atoms with E-state index in [1.807, 2.05) is 72.8 Å². The standard InChI is InChI=1S/C24H24BrNO2/c25-21-13-7-14-22(27)20(21)17-26-16-8-15-23(26)24(28,18-9-3-1-4-10-18)19-11-5-2-6-12-19/h1-7,9-14,23,27-28H,8,15-17H2/t23-/m1/s1. The van der Waals surface area contributed by atoms with Gasteiger partial charge in [0.2, 0.25) is 0 Å². The van der Waals surface area contributed by atoms with Crippen LogP contribution in [0.15, 0.2) is 83.3 Å². The molecule has 1 atom stereocenters. The van der Waals surface area contributed by atoms with Gasteiger partial charge >= 0.3 is 0 Å². The molecule has 3 aromatic rings. The second-order valence-electron chi connectivity index (χ2n) is 7.36. The van der Waals surface area contributed by atoms with Gasteiger partial charge in [0.05, 0.1) is 0 Å². The van der Waals surface area contributed by atoms with Crippen molar-refractivity contribution >= 4 is 15.9 Å². The Morgan fingerprint density at radius 1 is 0.893 bits per heavy atom. The number of aromatic hydroxyl groups is 1. The Hall–Kier alpha value is -2.14. The van der Waals surface area contributed by atoms with Crippen LogP contribution in [-0.4, -0.2) is 27.7 Å². The van der Waals surface area contributed by atoms with E-state index in [1.165, 1.54) is 0 Å². The molecule has 0 saturated carbocycles. The quantitative estimate of drug-likeness (QED) is 0.586. The van der Waals surface area contributed by atoms with Crippen LogP contribution in [0.1, 0.15) is 29.5 Å². The van der Waals surface area contributed by atoms with Crippen molar-refractivity contribution < 1.29 is 10.2 Å². The van der Waals surface area contributed by atoms with Crippen molar-refractivity contribution in [3.8, 4) is 5.75 Å². The molecule has 144 valence electrons. The van der Waals surface area contributed by atoms with Gasteiger partial charge in [0.1, 0.15) is 11.4 Å². The molecule has 0 unspecified atom stereocenters. The third-order valence-corrected chi connectivity index (χ3v) is 6.47. The molecule has 1 saturated heterocycles. The van der Waals surface area contributed by atoms with Crippen molar-refractivity contribution in [1.82, 2.24) is 4.90 Å². The lowest BCUT2D eigenvalue weighted by Crippen LogP contribution is -2.48. The van der Waals surface area contributed by atoms with Gasteiger partial charge in [-0.2, -0.15) is 0 Å². The second kappa shape index (κ2) is 8.08. The van der Waals surface area contributed by atoms with Crippen LogP contribution in [0.3, 0.4) is 0 Å². The fourth-order valence-corrected chi connectivity index (χ4v) is 4.81. The zero-order valence-electron chi connectivity index (χ0n) is 15.6. The molecule has 1 aliphatic heterocycles. The zero-order valence-corrected chi connectivity index (χ0v) is 17.2. The molecule has 2 N–H and O–H groups in total. The van der Waals surface area contributed by atoms with E-state index in [0.717, 1.165) is 40.5 Å². The van der Waals surface area contributed by atoms with Gasteiger partial charge in [-0.25, -0.2) is 0 Å². The highest BCUT2D eigenvalue weighted by atomic mass is 79.9. The highest BCUT2D eigenvalue weighted by molar-refractivity contribution is 9.10. The number of aliphatic hydroxyl groups is 1. The van der Waals surface area contributed by atoms with E-state index in [0.29, 0.717) is 6.54 Å². The predicted octanol–water partition coefficient (Wildman–Crippen LogP) is 5.06. The lowest BCUT2D eigenvalue weighted by Gasteiger charge is -2.40. The van der Waals surface area contributed by atoms with Crippen LogP contribution in [0.5, 0.6) is 5.75 Å². The van der Waals surface area contributed by atoms with E-state index >= 15 is 0 Å². The van der Waals surface area contributed by atoms with E-state index in [9.17, 15) is 10.2 Å². The van der Waals surface area contributed by atoms with Crippen molar-refractivity contribution in [2.45, 2.75) is 31.0 Å². The van der Waals surface area contributed by atoms with Crippen molar-refractivity contribution in [2.24, 2.45) is 0 Å². The van der Waals surface area contributed by atoms with Gasteiger partial charge in [0.15, 0.2) is 0 Å². The first kappa shape index (κ1) is 19.2. The summed E-state index contributed by atoms with van der Waals surface area (Å²) in [7, 11) is 0. The Bertz CT molecular complexity index is 870. The normalized spacial score (nSPS) is 17.7. The van der Waals surface area contributed by atoms with Gasteiger partial charge in [-0.05, 0) is 42.6 Å². The summed E-state index contributed by atoms with van der Waals surface area (Å²) in [5, 5.41) is 22.5. The summed E-state index contributed by atoms with van der Waals surface area (Å²) in [6, 6.07) is 25.2. The van der Waals surface area contributed by atoms with Crippen molar-refractivity contribution in [3.63, 3.8) is 0 Å². The summed E-state index contributed by atoms with van der Waals surface area (Å²) in [6.07, 6.45) is 1.91. The molecule has 0 aromatic heterocycles. The molecule has 4 heteroatoms. The molecule has 0 aliphatic carbocycles. The van der Waals surface area contributed by atoms with E-state index < -0.39 is 5.60 Å². The van der Waals surface area contributed by atoms with Gasteiger partial charge in [-0.1, -0.05) is 82.7 Å². The van der Waals surface area contributed by atoms with Gasteiger partial charge in [0.25, 0.3) is 0 Å². The number of rotatable bonds is 5. The minimum atomic E-state index is -1.12. The molecule has 1 aliphatic rings. The average molecular weight is 438 g/mol. The van der Waals surface area contributed by atoms with Crippen LogP contribution in [-0.2, 0) is 12.1 Å². The maximum Gasteiger partial charge on any atom is 0.130 e. The number of nitrogens with zero attached hydrogens (tertiary/aromatic N) is 1. The third kappa shape index (κ3) is 3.48. The zero-order chi connectivity index (χ0) is 19.6. The lowest BCUT2D eigenvalue weighted by atomic mass is 9.79. The second-order valence-corrected chi connectivity index (χ2v) is 8.22. The Morgan fingerprint density at radius 2 is 1.50 bits per heavy atom. The number of hydrogen-bond donors (Lipinski definition) is 2. The molecule has 1 fully saturated rings. The predicted molar refractivity (Wildman–Crippen MR) is 115 cm³/mol. The number of likely N-dealkylation sites (tertiary alicyclic amines) is 1. The molecule has 28 heavy (non-hydrogen) atoms. The monoisotopic (exact) mass is 437 g/mol. The van der Waals surface area contributed by atoms with Gasteiger partial charge in [-0.15, -0.1) is 0 Å². The van der Waals surface area contributed by atoms with Gasteiger partial charge < -0.3 is 10.2 Å². The summed E-state index contributed by atoms with van der Waals surface area (Å²) in [5.74, 6) is 0.281. The number of hydrogen-bond acceptors (Lipinski definition) is 3. The van der Waals surface area contributed by atoms with Gasteiger partial charge in [0, 0.05) is 22.6 Å². The topological polar surface area (TPSA) is 43.7 Å². The molecular weight excluding hydrogens is 414 g/mol. The summed E-state index contributed by atoms with van der Waals surface area (Å²) < 4.78 is 0.890. The Morgan fingerprint density at radius 3 is 2.07 bits per heavy atom. The minimum absolute atomic E-state index is 0.0798. The fraction of sp³-hybridized carbons (Fsp3) is 0.250. The number of halogens is 1. The Labute approximate surface area is 174 Å². The largest absolute Gasteiger partial charge is 0.508 e. The maximum absolute atomic E-state index is 12.1. The van der Waals surface area contributed by atoms with Crippen LogP contribution in [0.2, 0.25) is 0 Å². The van der Waals surface area contributed by atoms with Gasteiger partial charge in [-0.3, -0.25) is 4.90 Å². The first-order valence-electron chi connectivity index (χ1n) is 9.64. The molecule has 0 radical (unpaired) electrons. The Balaban J connectivity index is 1.76. The maximum atomic E-state index is 12.1. The molecule has 3 aromatic carbocycles. The minimum Gasteiger partial charge on any atom is -0.508 e. The Kier molecular flexibility index (Phi) is 5.54. The van der Waals surface area contributed by atoms with Crippen LogP contribution >= 0.6 is 15.9 Å². The number of benzene rings is 3. The molecule has 3 nitrogen and oxygen atoms in total. The third-order valence-electron chi connectivity index (χ3n) is 5.73. The highest BCUT2D eigenvalue weighted by Gasteiger charge is 2.45. The summed E-state index contributed by atoms with van der Waals surface area (Å²) in [6.45, 7) is 1.47.